The Bertz CT molecular complexity index is 2800. The lowest BCUT2D eigenvalue weighted by Crippen LogP contribution is -2.36. The molecule has 3 aliphatic heterocycles. The zero-order valence-electron chi connectivity index (χ0n) is 44.3. The third-order valence-electron chi connectivity index (χ3n) is 11.9. The third kappa shape index (κ3) is 22.9. The Balaban J connectivity index is 0.924. The number of nitrogen functional groups attached to an aromatic ring is 1. The fourth-order valence-corrected chi connectivity index (χ4v) is 12.6. The number of phosphoric acid groups is 3. The van der Waals surface area contributed by atoms with Gasteiger partial charge in [0.05, 0.1) is 107 Å². The molecular formula is C44H66N9O25P3S. The number of methoxy groups -OCH3 is 1. The molecule has 0 radical (unpaired) electrons. The number of hydrogen-bond acceptors (Lipinski definition) is 24. The predicted molar refractivity (Wildman–Crippen MR) is 284 cm³/mol. The zero-order valence-corrected chi connectivity index (χ0v) is 47.8. The number of hydrogen-bond donors (Lipinski definition) is 11. The molecule has 3 unspecified atom stereocenters. The lowest BCUT2D eigenvalue weighted by molar-refractivity contribution is -0.386. The van der Waals surface area contributed by atoms with E-state index in [1.54, 1.807) is 0 Å². The Morgan fingerprint density at radius 2 is 1.59 bits per heavy atom. The highest BCUT2D eigenvalue weighted by Crippen LogP contribution is 2.66. The summed E-state index contributed by atoms with van der Waals surface area (Å²) in [6.07, 6.45) is -2.39. The van der Waals surface area contributed by atoms with Gasteiger partial charge in [0.1, 0.15) is 24.3 Å². The molecule has 2 aromatic rings. The number of amides is 5. The fraction of sp³-hybridized carbons (Fsp3) is 0.636. The number of nitrogens with one attached hydrogen (secondary N) is 5. The summed E-state index contributed by atoms with van der Waals surface area (Å²) in [5, 5.41) is 36.8. The SMILES string of the molecule is COc1cc(C(C)OC(=O)NCC#Cc2cn([C@H]3C[C@H](O)[C@@H](COP(=O)(O)OP(=O)(O)OP(=O)(O)O)O3)c(=O)nc2N)c([N+](=O)[O-])cc1OCCCC(=O)NCCOCCOCCOCCNC(=O)CCCC[C@@H]1SC[C@@H]2NC(=O)N[C@@H]21. The molecule has 12 N–H and O–H groups in total. The minimum Gasteiger partial charge on any atom is -0.493 e. The van der Waals surface area contributed by atoms with Crippen molar-refractivity contribution >= 4 is 70.7 Å². The van der Waals surface area contributed by atoms with Crippen LogP contribution in [0.4, 0.5) is 21.1 Å². The first-order valence-electron chi connectivity index (χ1n) is 25.2. The van der Waals surface area contributed by atoms with Crippen molar-refractivity contribution in [3.05, 3.63) is 50.1 Å². The molecular weight excluding hydrogens is 1180 g/mol. The van der Waals surface area contributed by atoms with Gasteiger partial charge >= 0.3 is 41.3 Å². The van der Waals surface area contributed by atoms with Crippen molar-refractivity contribution in [3.63, 3.8) is 0 Å². The number of urea groups is 1. The lowest BCUT2D eigenvalue weighted by atomic mass is 10.0. The van der Waals surface area contributed by atoms with E-state index < -0.39 is 77.0 Å². The molecule has 5 amide bonds. The molecule has 3 aliphatic rings. The lowest BCUT2D eigenvalue weighted by Gasteiger charge is -2.19. The molecule has 5 rings (SSSR count). The minimum atomic E-state index is -5.82. The second-order valence-electron chi connectivity index (χ2n) is 17.9. The predicted octanol–water partition coefficient (Wildman–Crippen LogP) is 0.740. The van der Waals surface area contributed by atoms with E-state index in [2.05, 4.69) is 56.6 Å². The van der Waals surface area contributed by atoms with Crippen molar-refractivity contribution in [2.24, 2.45) is 0 Å². The highest BCUT2D eigenvalue weighted by molar-refractivity contribution is 8.00. The molecule has 3 fully saturated rings. The number of benzene rings is 1. The number of rotatable bonds is 35. The first-order chi connectivity index (χ1) is 38.8. The molecule has 38 heteroatoms. The number of phosphoric ester groups is 1. The molecule has 1 aromatic carbocycles. The monoisotopic (exact) mass is 1250 g/mol. The highest BCUT2D eigenvalue weighted by Gasteiger charge is 2.44. The summed E-state index contributed by atoms with van der Waals surface area (Å²) >= 11 is 1.86. The van der Waals surface area contributed by atoms with Crippen LogP contribution in [0.25, 0.3) is 0 Å². The maximum Gasteiger partial charge on any atom is 0.490 e. The molecule has 0 aliphatic carbocycles. The van der Waals surface area contributed by atoms with E-state index in [4.69, 9.17) is 48.7 Å². The van der Waals surface area contributed by atoms with Crippen molar-refractivity contribution in [2.75, 3.05) is 91.1 Å². The highest BCUT2D eigenvalue weighted by atomic mass is 32.2. The fourth-order valence-electron chi connectivity index (χ4n) is 8.07. The largest absolute Gasteiger partial charge is 0.493 e. The average molecular weight is 1250 g/mol. The number of fused-ring (bicyclic) bond motifs is 1. The Morgan fingerprint density at radius 3 is 2.23 bits per heavy atom. The van der Waals surface area contributed by atoms with Gasteiger partial charge in [0.15, 0.2) is 11.5 Å². The number of alkyl carbamates (subject to hydrolysis) is 1. The van der Waals surface area contributed by atoms with Gasteiger partial charge < -0.3 is 90.2 Å². The zero-order chi connectivity index (χ0) is 60.0. The van der Waals surface area contributed by atoms with E-state index in [1.165, 1.54) is 20.1 Å². The number of aromatic nitrogens is 2. The van der Waals surface area contributed by atoms with E-state index in [9.17, 15) is 62.7 Å². The molecule has 9 atom stereocenters. The van der Waals surface area contributed by atoms with Gasteiger partial charge in [0.2, 0.25) is 11.8 Å². The van der Waals surface area contributed by atoms with Crippen molar-refractivity contribution in [3.8, 4) is 23.3 Å². The standard InChI is InChI=1S/C44H66N9O25P3S/c1-27(75-44(59)48-11-5-7-28-24-52(43(58)51-41(28)45)39-23-32(54)35(76-39)25-74-80(65,66)78-81(67,68)77-79(62,63)64)29-21-33(69-2)34(22-31(29)53(60)61)73-14-6-10-38(56)47-13-16-71-18-20-72-19-17-70-15-12-46-37(55)9-4-3-8-36-40-30(26-82-36)49-42(57)50-40/h21-22,24,27,30,32,35-36,39-40,54H,3-4,6,8-20,23,25-26H2,1-2H3,(H,46,55)(H,47,56)(H,48,59)(H,65,66)(H,67,68)(H2,45,51,58)(H2,49,50,57)(H2,62,63,64)/t27?,30-,32-,35+,36-,39+,40-/m0/s1. The van der Waals surface area contributed by atoms with Gasteiger partial charge in [0.25, 0.3) is 5.69 Å². The normalized spacial score (nSPS) is 21.1. The number of nitro groups is 1. The van der Waals surface area contributed by atoms with Crippen LogP contribution in [0.5, 0.6) is 11.5 Å². The summed E-state index contributed by atoms with van der Waals surface area (Å²) in [5.41, 5.74) is 4.28. The van der Waals surface area contributed by atoms with Crippen LogP contribution < -0.4 is 47.5 Å². The minimum absolute atomic E-state index is 0.00598. The van der Waals surface area contributed by atoms with E-state index in [0.717, 1.165) is 41.8 Å². The number of carbonyl (C=O) groups is 4. The maximum absolute atomic E-state index is 12.7. The van der Waals surface area contributed by atoms with Crippen LogP contribution >= 0.6 is 35.2 Å². The van der Waals surface area contributed by atoms with Crippen molar-refractivity contribution in [1.29, 1.82) is 0 Å². The molecule has 458 valence electrons. The van der Waals surface area contributed by atoms with Gasteiger partial charge in [-0.05, 0) is 32.3 Å². The van der Waals surface area contributed by atoms with Gasteiger partial charge in [0, 0.05) is 49.6 Å². The van der Waals surface area contributed by atoms with Crippen LogP contribution in [0.1, 0.15) is 75.3 Å². The number of thioether (sulfide) groups is 1. The number of ether oxygens (including phenoxy) is 7. The molecule has 82 heavy (non-hydrogen) atoms. The van der Waals surface area contributed by atoms with Gasteiger partial charge in [-0.15, -0.1) is 0 Å². The average Bonchev–Trinajstić information content (AvgIpc) is 4.27. The Kier molecular flexibility index (Phi) is 26.7. The number of nitrogens with zero attached hydrogens (tertiary/aromatic N) is 3. The quantitative estimate of drug-likeness (QED) is 0.0113. The number of unbranched alkanes of at least 4 members (excludes halogenated alkanes) is 1. The number of carbonyl (C=O) groups excluding carboxylic acids is 4. The van der Waals surface area contributed by atoms with Crippen molar-refractivity contribution in [2.45, 2.75) is 93.7 Å². The molecule has 0 spiro atoms. The van der Waals surface area contributed by atoms with Crippen LogP contribution in [0.2, 0.25) is 0 Å². The smallest absolute Gasteiger partial charge is 0.490 e. The second-order valence-corrected chi connectivity index (χ2v) is 23.6. The number of anilines is 1. The van der Waals surface area contributed by atoms with E-state index >= 15 is 0 Å². The van der Waals surface area contributed by atoms with E-state index in [0.29, 0.717) is 51.2 Å². The third-order valence-corrected chi connectivity index (χ3v) is 17.2. The van der Waals surface area contributed by atoms with Crippen LogP contribution in [-0.2, 0) is 60.1 Å². The van der Waals surface area contributed by atoms with Gasteiger partial charge in [-0.3, -0.25) is 28.8 Å². The summed E-state index contributed by atoms with van der Waals surface area (Å²) < 4.78 is 85.6. The maximum atomic E-state index is 12.7. The van der Waals surface area contributed by atoms with Crippen LogP contribution in [0, 0.1) is 22.0 Å². The summed E-state index contributed by atoms with van der Waals surface area (Å²) in [6.45, 7) is 2.47. The first kappa shape index (κ1) is 67.3. The summed E-state index contributed by atoms with van der Waals surface area (Å²) in [7, 11) is -15.7. The molecule has 4 heterocycles. The van der Waals surface area contributed by atoms with E-state index in [1.807, 2.05) is 11.8 Å². The van der Waals surface area contributed by atoms with Gasteiger partial charge in [-0.1, -0.05) is 18.3 Å². The van der Waals surface area contributed by atoms with Crippen molar-refractivity contribution < 1.29 is 109 Å². The molecule has 1 aromatic heterocycles. The first-order valence-corrected chi connectivity index (χ1v) is 30.8. The molecule has 34 nitrogen and oxygen atoms in total. The Labute approximate surface area is 472 Å². The van der Waals surface area contributed by atoms with Gasteiger partial charge in [-0.2, -0.15) is 25.4 Å². The second kappa shape index (κ2) is 32.5. The summed E-state index contributed by atoms with van der Waals surface area (Å²) in [6, 6.07) is 2.62. The Morgan fingerprint density at radius 1 is 0.927 bits per heavy atom. The molecule has 0 bridgehead atoms. The number of nitro benzene ring substituents is 1. The number of aliphatic hydroxyl groups is 1. The van der Waals surface area contributed by atoms with E-state index in [-0.39, 0.29) is 104 Å². The summed E-state index contributed by atoms with van der Waals surface area (Å²) in [4.78, 5) is 113. The number of nitrogens with two attached hydrogens (primary N) is 1. The number of aliphatic hydroxyl groups excluding tert-OH is 1. The van der Waals surface area contributed by atoms with Crippen LogP contribution in [0.15, 0.2) is 23.1 Å². The molecule has 3 saturated heterocycles. The molecule has 0 saturated carbocycles. The topological polar surface area (TPSA) is 477 Å². The van der Waals surface area contributed by atoms with Crippen molar-refractivity contribution in [1.82, 2.24) is 36.1 Å². The summed E-state index contributed by atoms with van der Waals surface area (Å²) in [5.74, 6) is 5.46. The Hall–Kier alpha value is -5.50. The van der Waals surface area contributed by atoms with Gasteiger partial charge in [-0.25, -0.2) is 28.1 Å². The van der Waals surface area contributed by atoms with Crippen LogP contribution in [-0.4, -0.2) is 178 Å². The van der Waals surface area contributed by atoms with Crippen LogP contribution in [0.3, 0.4) is 0 Å².